The fraction of sp³-hybridized carbons (Fsp3) is 0.692. The Hall–Kier alpha value is -1.32. The highest BCUT2D eigenvalue weighted by molar-refractivity contribution is 5.87. The molecule has 94 valence electrons. The number of likely N-dealkylation sites (tertiary alicyclic amines) is 1. The van der Waals surface area contributed by atoms with Gasteiger partial charge in [0.1, 0.15) is 5.54 Å². The van der Waals surface area contributed by atoms with Crippen molar-refractivity contribution in [3.8, 4) is 0 Å². The van der Waals surface area contributed by atoms with Crippen LogP contribution in [0.3, 0.4) is 0 Å². The summed E-state index contributed by atoms with van der Waals surface area (Å²) >= 11 is 0. The summed E-state index contributed by atoms with van der Waals surface area (Å²) in [5.41, 5.74) is -0.987. The Balaban J connectivity index is 2.03. The predicted octanol–water partition coefficient (Wildman–Crippen LogP) is 1.81. The van der Waals surface area contributed by atoms with E-state index < -0.39 is 11.5 Å². The Morgan fingerprint density at radius 2 is 2.29 bits per heavy atom. The third-order valence-electron chi connectivity index (χ3n) is 3.95. The maximum atomic E-state index is 12.2. The zero-order valence-electron chi connectivity index (χ0n) is 10.2. The van der Waals surface area contributed by atoms with Gasteiger partial charge in [-0.3, -0.25) is 4.79 Å². The first-order valence-electron chi connectivity index (χ1n) is 6.24. The molecular formula is C13H19NO3. The van der Waals surface area contributed by atoms with E-state index in [1.54, 1.807) is 11.8 Å². The summed E-state index contributed by atoms with van der Waals surface area (Å²) < 4.78 is 0. The van der Waals surface area contributed by atoms with Crippen LogP contribution in [-0.2, 0) is 9.59 Å². The zero-order valence-corrected chi connectivity index (χ0v) is 10.2. The average Bonchev–Trinajstić information content (AvgIpc) is 2.87. The summed E-state index contributed by atoms with van der Waals surface area (Å²) in [6.45, 7) is 2.24. The highest BCUT2D eigenvalue weighted by Gasteiger charge is 2.45. The summed E-state index contributed by atoms with van der Waals surface area (Å²) in [5.74, 6) is -0.588. The molecule has 4 heteroatoms. The van der Waals surface area contributed by atoms with Crippen LogP contribution in [0.1, 0.15) is 39.0 Å². The molecule has 4 nitrogen and oxygen atoms in total. The molecule has 17 heavy (non-hydrogen) atoms. The van der Waals surface area contributed by atoms with Gasteiger partial charge in [0.15, 0.2) is 0 Å². The molecule has 1 amide bonds. The number of hydrogen-bond acceptors (Lipinski definition) is 2. The lowest BCUT2D eigenvalue weighted by Gasteiger charge is -2.31. The fourth-order valence-electron chi connectivity index (χ4n) is 2.79. The standard InChI is InChI=1S/C13H19NO3/c1-13(12(16)17)7-4-8-14(13)11(15)9-10-5-2-3-6-10/h2,5,10H,3-4,6-9H2,1H3,(H,16,17). The molecule has 2 rings (SSSR count). The third-order valence-corrected chi connectivity index (χ3v) is 3.95. The van der Waals surface area contributed by atoms with Crippen molar-refractivity contribution < 1.29 is 14.7 Å². The number of carboxylic acid groups (broad SMARTS) is 1. The SMILES string of the molecule is CC1(C(=O)O)CCCN1C(=O)CC1C=CCC1. The number of aliphatic carboxylic acids is 1. The van der Waals surface area contributed by atoms with Crippen LogP contribution in [0.15, 0.2) is 12.2 Å². The van der Waals surface area contributed by atoms with Gasteiger partial charge in [-0.25, -0.2) is 4.79 Å². The molecule has 1 saturated heterocycles. The minimum absolute atomic E-state index is 0.0102. The Bertz CT molecular complexity index is 364. The van der Waals surface area contributed by atoms with Crippen LogP contribution in [-0.4, -0.2) is 34.0 Å². The van der Waals surface area contributed by atoms with Crippen molar-refractivity contribution in [1.29, 1.82) is 0 Å². The van der Waals surface area contributed by atoms with Crippen molar-refractivity contribution >= 4 is 11.9 Å². The van der Waals surface area contributed by atoms with Gasteiger partial charge in [0.05, 0.1) is 0 Å². The summed E-state index contributed by atoms with van der Waals surface area (Å²) in [7, 11) is 0. The number of allylic oxidation sites excluding steroid dienone is 2. The maximum absolute atomic E-state index is 12.2. The molecule has 0 spiro atoms. The van der Waals surface area contributed by atoms with E-state index in [4.69, 9.17) is 0 Å². The molecule has 0 saturated carbocycles. The number of carbonyl (C=O) groups is 2. The Labute approximate surface area is 101 Å². The molecule has 0 aromatic rings. The largest absolute Gasteiger partial charge is 0.480 e. The van der Waals surface area contributed by atoms with Crippen molar-refractivity contribution in [2.45, 2.75) is 44.6 Å². The minimum Gasteiger partial charge on any atom is -0.480 e. The van der Waals surface area contributed by atoms with Crippen molar-refractivity contribution in [1.82, 2.24) is 4.90 Å². The van der Waals surface area contributed by atoms with E-state index in [-0.39, 0.29) is 5.91 Å². The highest BCUT2D eigenvalue weighted by Crippen LogP contribution is 2.31. The topological polar surface area (TPSA) is 57.6 Å². The van der Waals surface area contributed by atoms with Crippen LogP contribution in [0.2, 0.25) is 0 Å². The molecule has 1 N–H and O–H groups in total. The van der Waals surface area contributed by atoms with Gasteiger partial charge in [-0.05, 0) is 38.5 Å². The molecule has 1 aliphatic carbocycles. The third kappa shape index (κ3) is 2.21. The van der Waals surface area contributed by atoms with Crippen LogP contribution < -0.4 is 0 Å². The average molecular weight is 237 g/mol. The maximum Gasteiger partial charge on any atom is 0.329 e. The monoisotopic (exact) mass is 237 g/mol. The fourth-order valence-corrected chi connectivity index (χ4v) is 2.79. The van der Waals surface area contributed by atoms with E-state index in [2.05, 4.69) is 12.2 Å². The van der Waals surface area contributed by atoms with Gasteiger partial charge in [0, 0.05) is 13.0 Å². The number of carboxylic acids is 1. The van der Waals surface area contributed by atoms with Gasteiger partial charge >= 0.3 is 5.97 Å². The Morgan fingerprint density at radius 3 is 2.88 bits per heavy atom. The Kier molecular flexibility index (Phi) is 3.22. The van der Waals surface area contributed by atoms with Gasteiger partial charge in [0.25, 0.3) is 0 Å². The van der Waals surface area contributed by atoms with E-state index in [0.717, 1.165) is 19.3 Å². The molecule has 1 heterocycles. The molecule has 1 aliphatic heterocycles. The molecule has 0 radical (unpaired) electrons. The number of rotatable bonds is 3. The quantitative estimate of drug-likeness (QED) is 0.761. The lowest BCUT2D eigenvalue weighted by atomic mass is 9.97. The first-order chi connectivity index (χ1) is 8.04. The second kappa shape index (κ2) is 4.51. The van der Waals surface area contributed by atoms with Crippen LogP contribution >= 0.6 is 0 Å². The second-order valence-corrected chi connectivity index (χ2v) is 5.20. The van der Waals surface area contributed by atoms with E-state index >= 15 is 0 Å². The number of amides is 1. The molecule has 1 fully saturated rings. The van der Waals surface area contributed by atoms with E-state index in [1.165, 1.54) is 0 Å². The number of hydrogen-bond donors (Lipinski definition) is 1. The number of carbonyl (C=O) groups excluding carboxylic acids is 1. The predicted molar refractivity (Wildman–Crippen MR) is 63.5 cm³/mol. The normalized spacial score (nSPS) is 32.1. The van der Waals surface area contributed by atoms with Gasteiger partial charge in [-0.1, -0.05) is 12.2 Å². The van der Waals surface area contributed by atoms with Crippen molar-refractivity contribution in [2.75, 3.05) is 6.54 Å². The summed E-state index contributed by atoms with van der Waals surface area (Å²) in [4.78, 5) is 25.0. The van der Waals surface area contributed by atoms with Crippen LogP contribution in [0, 0.1) is 5.92 Å². The first kappa shape index (κ1) is 12.1. The van der Waals surface area contributed by atoms with Crippen molar-refractivity contribution in [2.24, 2.45) is 5.92 Å². The van der Waals surface area contributed by atoms with Gasteiger partial charge < -0.3 is 10.0 Å². The van der Waals surface area contributed by atoms with E-state index in [0.29, 0.717) is 25.3 Å². The molecule has 2 atom stereocenters. The summed E-state index contributed by atoms with van der Waals surface area (Å²) in [6, 6.07) is 0. The van der Waals surface area contributed by atoms with Crippen LogP contribution in [0.25, 0.3) is 0 Å². The molecule has 2 aliphatic rings. The smallest absolute Gasteiger partial charge is 0.329 e. The van der Waals surface area contributed by atoms with Crippen LogP contribution in [0.5, 0.6) is 0 Å². The van der Waals surface area contributed by atoms with E-state index in [1.807, 2.05) is 0 Å². The lowest BCUT2D eigenvalue weighted by molar-refractivity contribution is -0.155. The zero-order chi connectivity index (χ0) is 12.5. The first-order valence-corrected chi connectivity index (χ1v) is 6.24. The van der Waals surface area contributed by atoms with Crippen molar-refractivity contribution in [3.63, 3.8) is 0 Å². The molecule has 0 aromatic carbocycles. The molecule has 0 bridgehead atoms. The van der Waals surface area contributed by atoms with Gasteiger partial charge in [-0.2, -0.15) is 0 Å². The summed E-state index contributed by atoms with van der Waals surface area (Å²) in [5, 5.41) is 9.24. The van der Waals surface area contributed by atoms with E-state index in [9.17, 15) is 14.7 Å². The Morgan fingerprint density at radius 1 is 1.53 bits per heavy atom. The lowest BCUT2D eigenvalue weighted by Crippen LogP contribution is -2.51. The molecular weight excluding hydrogens is 218 g/mol. The molecule has 0 aromatic heterocycles. The molecule has 2 unspecified atom stereocenters. The number of nitrogens with zero attached hydrogens (tertiary/aromatic N) is 1. The minimum atomic E-state index is -0.987. The van der Waals surface area contributed by atoms with Gasteiger partial charge in [-0.15, -0.1) is 0 Å². The summed E-state index contributed by atoms with van der Waals surface area (Å²) in [6.07, 6.45) is 8.03. The highest BCUT2D eigenvalue weighted by atomic mass is 16.4. The van der Waals surface area contributed by atoms with Crippen molar-refractivity contribution in [3.05, 3.63) is 12.2 Å². The second-order valence-electron chi connectivity index (χ2n) is 5.20. The van der Waals surface area contributed by atoms with Gasteiger partial charge in [0.2, 0.25) is 5.91 Å². The van der Waals surface area contributed by atoms with Crippen LogP contribution in [0.4, 0.5) is 0 Å².